The van der Waals surface area contributed by atoms with Gasteiger partial charge in [-0.3, -0.25) is 4.79 Å². The Bertz CT molecular complexity index is 755. The van der Waals surface area contributed by atoms with Crippen LogP contribution in [-0.4, -0.2) is 42.2 Å². The lowest BCUT2D eigenvalue weighted by molar-refractivity contribution is 0.100. The van der Waals surface area contributed by atoms with Crippen molar-refractivity contribution in [1.29, 1.82) is 0 Å². The molecule has 0 saturated heterocycles. The Morgan fingerprint density at radius 3 is 2.84 bits per heavy atom. The van der Waals surface area contributed by atoms with Crippen molar-refractivity contribution in [2.45, 2.75) is 13.0 Å². The maximum atomic E-state index is 13.4. The second-order valence-electron chi connectivity index (χ2n) is 5.51. The molecule has 1 amide bonds. The number of rotatable bonds is 8. The number of anilines is 3. The summed E-state index contributed by atoms with van der Waals surface area (Å²) in [5.74, 6) is -0.504. The van der Waals surface area contributed by atoms with Crippen molar-refractivity contribution < 1.29 is 13.9 Å². The van der Waals surface area contributed by atoms with Gasteiger partial charge in [-0.15, -0.1) is 0 Å². The average Bonchev–Trinajstić information content (AvgIpc) is 2.56. The van der Waals surface area contributed by atoms with Gasteiger partial charge in [-0.1, -0.05) is 0 Å². The van der Waals surface area contributed by atoms with Crippen molar-refractivity contribution in [3.8, 4) is 0 Å². The minimum Gasteiger partial charge on any atom is -0.383 e. The van der Waals surface area contributed by atoms with E-state index in [-0.39, 0.29) is 29.2 Å². The Labute approximate surface area is 144 Å². The molecule has 0 saturated carbocycles. The molecule has 2 aromatic rings. The number of benzene rings is 1. The van der Waals surface area contributed by atoms with Crippen molar-refractivity contribution in [3.63, 3.8) is 0 Å². The zero-order chi connectivity index (χ0) is 18.4. The molecule has 9 heteroatoms. The average molecular weight is 348 g/mol. The normalized spacial score (nSPS) is 11.8. The first kappa shape index (κ1) is 18.6. The summed E-state index contributed by atoms with van der Waals surface area (Å²) in [6.45, 7) is 2.41. The van der Waals surface area contributed by atoms with Gasteiger partial charge in [0.1, 0.15) is 17.2 Å². The summed E-state index contributed by atoms with van der Waals surface area (Å²) in [5.41, 5.74) is 12.3. The molecule has 0 fully saturated rings. The molecule has 25 heavy (non-hydrogen) atoms. The van der Waals surface area contributed by atoms with Gasteiger partial charge in [0.25, 0.3) is 5.91 Å². The fourth-order valence-corrected chi connectivity index (χ4v) is 2.10. The van der Waals surface area contributed by atoms with E-state index < -0.39 is 5.91 Å². The Morgan fingerprint density at radius 2 is 2.20 bits per heavy atom. The number of primary amides is 1. The molecule has 0 unspecified atom stereocenters. The Kier molecular flexibility index (Phi) is 6.20. The third-order valence-corrected chi connectivity index (χ3v) is 3.38. The number of halogens is 1. The summed E-state index contributed by atoms with van der Waals surface area (Å²) in [4.78, 5) is 19.9. The van der Waals surface area contributed by atoms with E-state index in [1.165, 1.54) is 18.3 Å². The molecule has 0 spiro atoms. The van der Waals surface area contributed by atoms with E-state index in [4.69, 9.17) is 16.2 Å². The highest BCUT2D eigenvalue weighted by Gasteiger charge is 2.13. The van der Waals surface area contributed by atoms with Crippen molar-refractivity contribution >= 4 is 23.4 Å². The molecule has 1 aromatic carbocycles. The number of methoxy groups -OCH3 is 1. The van der Waals surface area contributed by atoms with Crippen LogP contribution in [0.25, 0.3) is 0 Å². The monoisotopic (exact) mass is 348 g/mol. The Balaban J connectivity index is 2.22. The summed E-state index contributed by atoms with van der Waals surface area (Å²) < 4.78 is 18.3. The number of nitrogens with one attached hydrogen (secondary N) is 2. The zero-order valence-electron chi connectivity index (χ0n) is 14.0. The van der Waals surface area contributed by atoms with E-state index in [0.717, 1.165) is 0 Å². The highest BCUT2D eigenvalue weighted by molar-refractivity contribution is 5.98. The number of aryl methyl sites for hydroxylation is 1. The van der Waals surface area contributed by atoms with Gasteiger partial charge in [-0.25, -0.2) is 9.37 Å². The SMILES string of the molecule is COC[C@H](N)CNc1ncc(C(N)=O)c(Nc2ccc(F)c(C)c2)n1. The first-order valence-corrected chi connectivity index (χ1v) is 7.59. The molecule has 0 bridgehead atoms. The van der Waals surface area contributed by atoms with Gasteiger partial charge in [-0.2, -0.15) is 4.98 Å². The minimum absolute atomic E-state index is 0.119. The van der Waals surface area contributed by atoms with Crippen molar-refractivity contribution in [2.75, 3.05) is 30.9 Å². The van der Waals surface area contributed by atoms with E-state index in [0.29, 0.717) is 24.4 Å². The molecular formula is C16H21FN6O2. The highest BCUT2D eigenvalue weighted by Crippen LogP contribution is 2.21. The number of hydrogen-bond acceptors (Lipinski definition) is 7. The zero-order valence-corrected chi connectivity index (χ0v) is 14.0. The van der Waals surface area contributed by atoms with Crippen LogP contribution in [-0.2, 0) is 4.74 Å². The predicted octanol–water partition coefficient (Wildman–Crippen LogP) is 1.15. The number of hydrogen-bond donors (Lipinski definition) is 4. The number of carbonyl (C=O) groups excluding carboxylic acids is 1. The molecule has 1 atom stereocenters. The van der Waals surface area contributed by atoms with Gasteiger partial charge in [0.15, 0.2) is 0 Å². The summed E-state index contributed by atoms with van der Waals surface area (Å²) in [7, 11) is 1.56. The molecule has 8 nitrogen and oxygen atoms in total. The van der Waals surface area contributed by atoms with E-state index in [9.17, 15) is 9.18 Å². The van der Waals surface area contributed by atoms with Crippen molar-refractivity contribution in [2.24, 2.45) is 11.5 Å². The summed E-state index contributed by atoms with van der Waals surface area (Å²) >= 11 is 0. The van der Waals surface area contributed by atoms with Gasteiger partial charge < -0.3 is 26.8 Å². The second-order valence-corrected chi connectivity index (χ2v) is 5.51. The summed E-state index contributed by atoms with van der Waals surface area (Å²) in [6.07, 6.45) is 1.32. The third-order valence-electron chi connectivity index (χ3n) is 3.38. The van der Waals surface area contributed by atoms with Crippen LogP contribution in [0.1, 0.15) is 15.9 Å². The van der Waals surface area contributed by atoms with E-state index >= 15 is 0 Å². The number of carbonyl (C=O) groups is 1. The maximum Gasteiger partial charge on any atom is 0.254 e. The standard InChI is InChI=1S/C16H21FN6O2/c1-9-5-11(3-4-13(9)17)22-15-12(14(19)24)7-21-16(23-15)20-6-10(18)8-25-2/h3-5,7,10H,6,8,18H2,1-2H3,(H2,19,24)(H2,20,21,22,23)/t10-/m1/s1. The minimum atomic E-state index is -0.677. The first-order valence-electron chi connectivity index (χ1n) is 7.59. The van der Waals surface area contributed by atoms with Crippen LogP contribution in [0.3, 0.4) is 0 Å². The van der Waals surface area contributed by atoms with Crippen LogP contribution >= 0.6 is 0 Å². The van der Waals surface area contributed by atoms with Crippen LogP contribution in [0.5, 0.6) is 0 Å². The number of ether oxygens (including phenoxy) is 1. The number of nitrogens with two attached hydrogens (primary N) is 2. The number of aromatic nitrogens is 2. The lowest BCUT2D eigenvalue weighted by Crippen LogP contribution is -2.33. The lowest BCUT2D eigenvalue weighted by Gasteiger charge is -2.14. The van der Waals surface area contributed by atoms with Gasteiger partial charge >= 0.3 is 0 Å². The molecule has 1 heterocycles. The Hall–Kier alpha value is -2.78. The maximum absolute atomic E-state index is 13.4. The van der Waals surface area contributed by atoms with Crippen LogP contribution in [0.4, 0.5) is 21.8 Å². The van der Waals surface area contributed by atoms with Gasteiger partial charge in [0.2, 0.25) is 5.95 Å². The van der Waals surface area contributed by atoms with E-state index in [1.807, 2.05) is 0 Å². The quantitative estimate of drug-likeness (QED) is 0.563. The van der Waals surface area contributed by atoms with Crippen LogP contribution in [0.2, 0.25) is 0 Å². The molecule has 0 aliphatic heterocycles. The first-order chi connectivity index (χ1) is 11.9. The van der Waals surface area contributed by atoms with Gasteiger partial charge in [0.05, 0.1) is 6.61 Å². The van der Waals surface area contributed by atoms with Crippen LogP contribution < -0.4 is 22.1 Å². The van der Waals surface area contributed by atoms with Gasteiger partial charge in [-0.05, 0) is 30.7 Å². The highest BCUT2D eigenvalue weighted by atomic mass is 19.1. The van der Waals surface area contributed by atoms with Crippen molar-refractivity contribution in [3.05, 3.63) is 41.3 Å². The molecule has 0 radical (unpaired) electrons. The smallest absolute Gasteiger partial charge is 0.254 e. The molecule has 2 rings (SSSR count). The van der Waals surface area contributed by atoms with E-state index in [1.54, 1.807) is 20.1 Å². The molecule has 0 aliphatic carbocycles. The molecule has 6 N–H and O–H groups in total. The number of amides is 1. The summed E-state index contributed by atoms with van der Waals surface area (Å²) in [5, 5.41) is 5.92. The fraction of sp³-hybridized carbons (Fsp3) is 0.312. The largest absolute Gasteiger partial charge is 0.383 e. The Morgan fingerprint density at radius 1 is 1.44 bits per heavy atom. The van der Waals surface area contributed by atoms with E-state index in [2.05, 4.69) is 20.6 Å². The van der Waals surface area contributed by atoms with Crippen molar-refractivity contribution in [1.82, 2.24) is 9.97 Å². The van der Waals surface area contributed by atoms with Crippen LogP contribution in [0, 0.1) is 12.7 Å². The molecule has 134 valence electrons. The van der Waals surface area contributed by atoms with Gasteiger partial charge in [0, 0.05) is 31.6 Å². The topological polar surface area (TPSA) is 128 Å². The predicted molar refractivity (Wildman–Crippen MR) is 93.3 cm³/mol. The second kappa shape index (κ2) is 8.36. The molecule has 0 aliphatic rings. The lowest BCUT2D eigenvalue weighted by atomic mass is 10.2. The fourth-order valence-electron chi connectivity index (χ4n) is 2.10. The van der Waals surface area contributed by atoms with Crippen LogP contribution in [0.15, 0.2) is 24.4 Å². The number of nitrogens with zero attached hydrogens (tertiary/aromatic N) is 2. The molecule has 1 aromatic heterocycles. The summed E-state index contributed by atoms with van der Waals surface area (Å²) in [6, 6.07) is 4.23. The third kappa shape index (κ3) is 5.10. The molecular weight excluding hydrogens is 327 g/mol.